The maximum atomic E-state index is 13.5. The van der Waals surface area contributed by atoms with Crippen LogP contribution >= 0.6 is 0 Å². The fraction of sp³-hybridized carbons (Fsp3) is 0.364. The van der Waals surface area contributed by atoms with Gasteiger partial charge in [-0.2, -0.15) is 0 Å². The Morgan fingerprint density at radius 1 is 1.28 bits per heavy atom. The smallest absolute Gasteiger partial charge is 0.191 e. The molecule has 0 N–H and O–H groups in total. The summed E-state index contributed by atoms with van der Waals surface area (Å²) in [6.07, 6.45) is -0.229. The van der Waals surface area contributed by atoms with Gasteiger partial charge in [0.05, 0.1) is 11.5 Å². The van der Waals surface area contributed by atoms with Crippen molar-refractivity contribution in [3.8, 4) is 5.75 Å². The molecule has 1 fully saturated rings. The third-order valence-electron chi connectivity index (χ3n) is 2.63. The van der Waals surface area contributed by atoms with Crippen LogP contribution in [0.3, 0.4) is 0 Å². The van der Waals surface area contributed by atoms with E-state index in [9.17, 15) is 22.0 Å². The molecular weight excluding hydrogens is 266 g/mol. The predicted octanol–water partition coefficient (Wildman–Crippen LogP) is 1.34. The summed E-state index contributed by atoms with van der Waals surface area (Å²) in [4.78, 5) is 10.4. The van der Waals surface area contributed by atoms with Gasteiger partial charge < -0.3 is 4.74 Å². The van der Waals surface area contributed by atoms with Gasteiger partial charge in [0, 0.05) is 5.56 Å². The molecule has 0 amide bonds. The maximum absolute atomic E-state index is 13.5. The molecule has 2 rings (SSSR count). The Kier molecular flexibility index (Phi) is 3.34. The molecule has 7 heteroatoms. The number of hydrogen-bond acceptors (Lipinski definition) is 4. The van der Waals surface area contributed by atoms with Crippen molar-refractivity contribution in [3.05, 3.63) is 29.3 Å². The Morgan fingerprint density at radius 2 is 1.89 bits per heavy atom. The van der Waals surface area contributed by atoms with Crippen molar-refractivity contribution in [1.29, 1.82) is 0 Å². The zero-order chi connectivity index (χ0) is 13.3. The average molecular weight is 276 g/mol. The quantitative estimate of drug-likeness (QED) is 0.782. The van der Waals surface area contributed by atoms with Crippen molar-refractivity contribution in [2.24, 2.45) is 0 Å². The summed E-state index contributed by atoms with van der Waals surface area (Å²) in [7, 11) is -3.18. The van der Waals surface area contributed by atoms with E-state index in [4.69, 9.17) is 4.74 Å². The molecule has 1 aliphatic heterocycles. The molecule has 1 aromatic carbocycles. The zero-order valence-corrected chi connectivity index (χ0v) is 10.0. The number of carbonyl (C=O) groups excluding carboxylic acids is 1. The first-order chi connectivity index (χ1) is 8.41. The van der Waals surface area contributed by atoms with Crippen LogP contribution in [-0.4, -0.2) is 32.3 Å². The van der Waals surface area contributed by atoms with Gasteiger partial charge in [-0.3, -0.25) is 4.79 Å². The van der Waals surface area contributed by atoms with E-state index < -0.39 is 33.3 Å². The van der Waals surface area contributed by atoms with Crippen molar-refractivity contribution < 1.29 is 26.7 Å². The number of benzene rings is 1. The van der Waals surface area contributed by atoms with Gasteiger partial charge in [0.15, 0.2) is 27.2 Å². The normalized spacial score (nSPS) is 21.8. The second-order valence-electron chi connectivity index (χ2n) is 4.07. The first-order valence-corrected chi connectivity index (χ1v) is 7.05. The van der Waals surface area contributed by atoms with Gasteiger partial charge in [-0.25, -0.2) is 17.2 Å². The minimum Gasteiger partial charge on any atom is -0.483 e. The molecule has 1 aliphatic rings. The maximum Gasteiger partial charge on any atom is 0.191 e. The van der Waals surface area contributed by atoms with Crippen molar-refractivity contribution in [1.82, 2.24) is 0 Å². The van der Waals surface area contributed by atoms with Crippen LogP contribution in [0.25, 0.3) is 0 Å². The molecule has 0 aromatic heterocycles. The van der Waals surface area contributed by atoms with Crippen LogP contribution in [0.15, 0.2) is 12.1 Å². The largest absolute Gasteiger partial charge is 0.483 e. The monoisotopic (exact) mass is 276 g/mol. The van der Waals surface area contributed by atoms with Crippen LogP contribution in [0.4, 0.5) is 8.78 Å². The Morgan fingerprint density at radius 3 is 2.33 bits per heavy atom. The van der Waals surface area contributed by atoms with Gasteiger partial charge in [-0.15, -0.1) is 0 Å². The highest BCUT2D eigenvalue weighted by Crippen LogP contribution is 2.26. The second kappa shape index (κ2) is 4.64. The number of sulfone groups is 1. The lowest BCUT2D eigenvalue weighted by molar-refractivity contribution is 0.112. The molecule has 1 unspecified atom stereocenters. The lowest BCUT2D eigenvalue weighted by atomic mass is 10.2. The molecule has 98 valence electrons. The predicted molar refractivity (Wildman–Crippen MR) is 59.4 cm³/mol. The molecule has 1 saturated heterocycles. The van der Waals surface area contributed by atoms with Crippen LogP contribution in [0, 0.1) is 11.6 Å². The van der Waals surface area contributed by atoms with E-state index in [2.05, 4.69) is 0 Å². The third kappa shape index (κ3) is 2.66. The summed E-state index contributed by atoms with van der Waals surface area (Å²) >= 11 is 0. The van der Waals surface area contributed by atoms with E-state index in [1.807, 2.05) is 0 Å². The number of aldehydes is 1. The van der Waals surface area contributed by atoms with Crippen molar-refractivity contribution in [2.45, 2.75) is 12.5 Å². The fourth-order valence-electron chi connectivity index (χ4n) is 1.78. The van der Waals surface area contributed by atoms with Gasteiger partial charge >= 0.3 is 0 Å². The van der Waals surface area contributed by atoms with E-state index in [0.29, 0.717) is 6.29 Å². The second-order valence-corrected chi connectivity index (χ2v) is 6.30. The zero-order valence-electron chi connectivity index (χ0n) is 9.23. The first-order valence-electron chi connectivity index (χ1n) is 5.22. The van der Waals surface area contributed by atoms with Crippen LogP contribution in [0.1, 0.15) is 16.8 Å². The van der Waals surface area contributed by atoms with E-state index >= 15 is 0 Å². The summed E-state index contributed by atoms with van der Waals surface area (Å²) in [5.74, 6) is -2.96. The topological polar surface area (TPSA) is 60.4 Å². The van der Waals surface area contributed by atoms with Crippen molar-refractivity contribution in [3.63, 3.8) is 0 Å². The highest BCUT2D eigenvalue weighted by molar-refractivity contribution is 7.91. The minimum atomic E-state index is -3.18. The number of hydrogen-bond donors (Lipinski definition) is 0. The van der Waals surface area contributed by atoms with Crippen molar-refractivity contribution in [2.75, 3.05) is 11.5 Å². The highest BCUT2D eigenvalue weighted by Gasteiger charge is 2.30. The van der Waals surface area contributed by atoms with Gasteiger partial charge in [0.25, 0.3) is 0 Å². The van der Waals surface area contributed by atoms with Gasteiger partial charge in [0.2, 0.25) is 0 Å². The molecule has 1 aromatic rings. The Hall–Kier alpha value is -1.50. The molecule has 0 saturated carbocycles. The molecule has 18 heavy (non-hydrogen) atoms. The van der Waals surface area contributed by atoms with Crippen LogP contribution in [0.5, 0.6) is 5.75 Å². The number of halogens is 2. The Balaban J connectivity index is 2.22. The molecule has 0 aliphatic carbocycles. The lowest BCUT2D eigenvalue weighted by Gasteiger charge is -2.13. The van der Waals surface area contributed by atoms with Crippen LogP contribution in [-0.2, 0) is 9.84 Å². The number of carbonyl (C=O) groups is 1. The van der Waals surface area contributed by atoms with Gasteiger partial charge in [-0.05, 0) is 18.6 Å². The van der Waals surface area contributed by atoms with Crippen LogP contribution in [0.2, 0.25) is 0 Å². The number of ether oxygens (including phenoxy) is 1. The Bertz CT molecular complexity index is 560. The molecule has 0 bridgehead atoms. The molecule has 0 spiro atoms. The summed E-state index contributed by atoms with van der Waals surface area (Å²) in [6, 6.07) is 1.68. The summed E-state index contributed by atoms with van der Waals surface area (Å²) in [5.41, 5.74) is -0.142. The molecular formula is C11H10F2O4S. The fourth-order valence-corrected chi connectivity index (χ4v) is 3.37. The van der Waals surface area contributed by atoms with Gasteiger partial charge in [0.1, 0.15) is 12.4 Å². The van der Waals surface area contributed by atoms with E-state index in [0.717, 1.165) is 12.1 Å². The summed E-state index contributed by atoms with van der Waals surface area (Å²) in [6.45, 7) is 0. The standard InChI is InChI=1S/C11H10F2O4S/c12-9-3-7(5-14)4-10(13)11(9)17-8-1-2-18(15,16)6-8/h3-5,8H,1-2,6H2. The van der Waals surface area contributed by atoms with E-state index in [1.165, 1.54) is 0 Å². The van der Waals surface area contributed by atoms with Gasteiger partial charge in [-0.1, -0.05) is 0 Å². The van der Waals surface area contributed by atoms with Crippen LogP contribution < -0.4 is 4.74 Å². The van der Waals surface area contributed by atoms with Crippen molar-refractivity contribution >= 4 is 16.1 Å². The summed E-state index contributed by atoms with van der Waals surface area (Å²) in [5, 5.41) is 0. The first kappa shape index (κ1) is 12.9. The minimum absolute atomic E-state index is 0.0483. The molecule has 4 nitrogen and oxygen atoms in total. The molecule has 0 radical (unpaired) electrons. The number of rotatable bonds is 3. The lowest BCUT2D eigenvalue weighted by Crippen LogP contribution is -2.19. The molecule has 1 atom stereocenters. The molecule has 1 heterocycles. The van der Waals surface area contributed by atoms with E-state index in [1.54, 1.807) is 0 Å². The third-order valence-corrected chi connectivity index (χ3v) is 4.37. The average Bonchev–Trinajstić information content (AvgIpc) is 2.63. The SMILES string of the molecule is O=Cc1cc(F)c(OC2CCS(=O)(=O)C2)c(F)c1. The highest BCUT2D eigenvalue weighted by atomic mass is 32.2. The Labute approximate surface area is 102 Å². The summed E-state index contributed by atoms with van der Waals surface area (Å²) < 4.78 is 54.3. The van der Waals surface area contributed by atoms with E-state index in [-0.39, 0.29) is 23.5 Å².